The highest BCUT2D eigenvalue weighted by molar-refractivity contribution is 5.75. The monoisotopic (exact) mass is 289 g/mol. The van der Waals surface area contributed by atoms with Crippen molar-refractivity contribution >= 4 is 11.0 Å². The smallest absolute Gasteiger partial charge is 0.111 e. The van der Waals surface area contributed by atoms with E-state index in [1.54, 1.807) is 7.11 Å². The average molecular weight is 289 g/mol. The summed E-state index contributed by atoms with van der Waals surface area (Å²) >= 11 is 0. The molecule has 0 aliphatic rings. The summed E-state index contributed by atoms with van der Waals surface area (Å²) in [6.45, 7) is 5.35. The van der Waals surface area contributed by atoms with Gasteiger partial charge in [0.1, 0.15) is 5.82 Å². The molecule has 1 N–H and O–H groups in total. The van der Waals surface area contributed by atoms with E-state index in [1.165, 1.54) is 5.52 Å². The minimum absolute atomic E-state index is 0.258. The van der Waals surface area contributed by atoms with Crippen molar-refractivity contribution in [3.05, 3.63) is 30.1 Å². The molecule has 4 heteroatoms. The van der Waals surface area contributed by atoms with Crippen molar-refractivity contribution in [3.8, 4) is 0 Å². The van der Waals surface area contributed by atoms with Crippen LogP contribution in [0.4, 0.5) is 0 Å². The summed E-state index contributed by atoms with van der Waals surface area (Å²) in [4.78, 5) is 4.78. The maximum absolute atomic E-state index is 5.42. The average Bonchev–Trinajstić information content (AvgIpc) is 2.81. The second-order valence-corrected chi connectivity index (χ2v) is 5.71. The molecule has 0 radical (unpaired) electrons. The van der Waals surface area contributed by atoms with Crippen LogP contribution in [-0.2, 0) is 18.2 Å². The molecule has 0 aliphatic carbocycles. The molecule has 116 valence electrons. The van der Waals surface area contributed by atoms with Crippen LogP contribution in [0.3, 0.4) is 0 Å². The molecular weight excluding hydrogens is 262 g/mol. The second kappa shape index (κ2) is 7.57. The van der Waals surface area contributed by atoms with Crippen molar-refractivity contribution in [2.24, 2.45) is 7.05 Å². The molecule has 4 nitrogen and oxygen atoms in total. The van der Waals surface area contributed by atoms with Crippen LogP contribution in [0.15, 0.2) is 24.3 Å². The number of nitrogens with one attached hydrogen (secondary N) is 1. The van der Waals surface area contributed by atoms with Crippen LogP contribution < -0.4 is 5.32 Å². The summed E-state index contributed by atoms with van der Waals surface area (Å²) in [6, 6.07) is 8.70. The third-order valence-electron chi connectivity index (χ3n) is 4.01. The molecule has 2 aromatic rings. The molecule has 0 spiro atoms. The Morgan fingerprint density at radius 2 is 2.10 bits per heavy atom. The van der Waals surface area contributed by atoms with Gasteiger partial charge in [0.15, 0.2) is 0 Å². The molecule has 2 rings (SSSR count). The van der Waals surface area contributed by atoms with E-state index in [0.29, 0.717) is 6.04 Å². The maximum atomic E-state index is 5.42. The van der Waals surface area contributed by atoms with Gasteiger partial charge in [-0.05, 0) is 38.4 Å². The fourth-order valence-electron chi connectivity index (χ4n) is 2.68. The van der Waals surface area contributed by atoms with Crippen molar-refractivity contribution in [1.82, 2.24) is 14.9 Å². The number of aryl methyl sites for hydroxylation is 1. The topological polar surface area (TPSA) is 39.1 Å². The van der Waals surface area contributed by atoms with Crippen LogP contribution in [0.2, 0.25) is 0 Å². The number of rotatable bonds is 8. The molecule has 0 amide bonds. The van der Waals surface area contributed by atoms with Crippen molar-refractivity contribution in [1.29, 1.82) is 0 Å². The summed E-state index contributed by atoms with van der Waals surface area (Å²) < 4.78 is 7.62. The van der Waals surface area contributed by atoms with Crippen LogP contribution in [0.25, 0.3) is 11.0 Å². The minimum atomic E-state index is 0.258. The standard InChI is InChI=1S/C17H27N3O/c1-5-10-18-14(11-13(2)21-4)12-17-19-15-8-6-7-9-16(15)20(17)3/h6-9,13-14,18H,5,10-12H2,1-4H3. The lowest BCUT2D eigenvalue weighted by Crippen LogP contribution is -2.35. The Balaban J connectivity index is 2.15. The van der Waals surface area contributed by atoms with E-state index in [4.69, 9.17) is 9.72 Å². The first-order chi connectivity index (χ1) is 10.2. The SMILES string of the molecule is CCCNC(Cc1nc2ccccc2n1C)CC(C)OC. The highest BCUT2D eigenvalue weighted by Gasteiger charge is 2.16. The first-order valence-corrected chi connectivity index (χ1v) is 7.82. The Hall–Kier alpha value is -1.39. The van der Waals surface area contributed by atoms with E-state index < -0.39 is 0 Å². The fraction of sp³-hybridized carbons (Fsp3) is 0.588. The quantitative estimate of drug-likeness (QED) is 0.812. The van der Waals surface area contributed by atoms with Crippen LogP contribution in [-0.4, -0.2) is 35.4 Å². The summed E-state index contributed by atoms with van der Waals surface area (Å²) in [5, 5.41) is 3.62. The zero-order valence-electron chi connectivity index (χ0n) is 13.6. The molecule has 0 saturated heterocycles. The van der Waals surface area contributed by atoms with Gasteiger partial charge in [0.2, 0.25) is 0 Å². The van der Waals surface area contributed by atoms with Gasteiger partial charge in [-0.2, -0.15) is 0 Å². The van der Waals surface area contributed by atoms with Gasteiger partial charge in [-0.15, -0.1) is 0 Å². The third kappa shape index (κ3) is 4.05. The maximum Gasteiger partial charge on any atom is 0.111 e. The highest BCUT2D eigenvalue weighted by Crippen LogP contribution is 2.16. The summed E-state index contributed by atoms with van der Waals surface area (Å²) in [5.41, 5.74) is 2.27. The molecule has 1 aromatic heterocycles. The Morgan fingerprint density at radius 1 is 1.33 bits per heavy atom. The number of fused-ring (bicyclic) bond motifs is 1. The predicted molar refractivity (Wildman–Crippen MR) is 87.6 cm³/mol. The number of ether oxygens (including phenoxy) is 1. The van der Waals surface area contributed by atoms with Crippen LogP contribution >= 0.6 is 0 Å². The van der Waals surface area contributed by atoms with E-state index in [0.717, 1.165) is 37.1 Å². The molecule has 1 aromatic carbocycles. The minimum Gasteiger partial charge on any atom is -0.382 e. The van der Waals surface area contributed by atoms with Crippen molar-refractivity contribution in [2.75, 3.05) is 13.7 Å². The molecule has 0 bridgehead atoms. The molecule has 21 heavy (non-hydrogen) atoms. The predicted octanol–water partition coefficient (Wildman–Crippen LogP) is 2.91. The van der Waals surface area contributed by atoms with Gasteiger partial charge in [-0.25, -0.2) is 4.98 Å². The highest BCUT2D eigenvalue weighted by atomic mass is 16.5. The van der Waals surface area contributed by atoms with E-state index in [9.17, 15) is 0 Å². The number of aromatic nitrogens is 2. The zero-order chi connectivity index (χ0) is 15.2. The molecule has 0 aliphatic heterocycles. The van der Waals surface area contributed by atoms with Crippen molar-refractivity contribution in [2.45, 2.75) is 45.3 Å². The van der Waals surface area contributed by atoms with Gasteiger partial charge >= 0.3 is 0 Å². The van der Waals surface area contributed by atoms with Gasteiger partial charge in [0, 0.05) is 26.6 Å². The number of methoxy groups -OCH3 is 1. The van der Waals surface area contributed by atoms with Gasteiger partial charge in [0.25, 0.3) is 0 Å². The van der Waals surface area contributed by atoms with Gasteiger partial charge in [-0.3, -0.25) is 0 Å². The molecule has 0 fully saturated rings. The lowest BCUT2D eigenvalue weighted by molar-refractivity contribution is 0.100. The fourth-order valence-corrected chi connectivity index (χ4v) is 2.68. The summed E-state index contributed by atoms with van der Waals surface area (Å²) in [6.07, 6.45) is 3.33. The first-order valence-electron chi connectivity index (χ1n) is 7.82. The second-order valence-electron chi connectivity index (χ2n) is 5.71. The Bertz CT molecular complexity index is 564. The number of hydrogen-bond donors (Lipinski definition) is 1. The van der Waals surface area contributed by atoms with Crippen LogP contribution in [0.5, 0.6) is 0 Å². The Kier molecular flexibility index (Phi) is 5.76. The largest absolute Gasteiger partial charge is 0.382 e. The first kappa shape index (κ1) is 16.0. The number of para-hydroxylation sites is 2. The van der Waals surface area contributed by atoms with E-state index in [-0.39, 0.29) is 6.10 Å². The van der Waals surface area contributed by atoms with Gasteiger partial charge < -0.3 is 14.6 Å². The van der Waals surface area contributed by atoms with Gasteiger partial charge in [-0.1, -0.05) is 19.1 Å². The third-order valence-corrected chi connectivity index (χ3v) is 4.01. The molecule has 2 atom stereocenters. The lowest BCUT2D eigenvalue weighted by Gasteiger charge is -2.21. The summed E-state index contributed by atoms with van der Waals surface area (Å²) in [7, 11) is 3.87. The molecule has 1 heterocycles. The molecule has 2 unspecified atom stereocenters. The number of imidazole rings is 1. The summed E-state index contributed by atoms with van der Waals surface area (Å²) in [5.74, 6) is 1.13. The molecular formula is C17H27N3O. The van der Waals surface area contributed by atoms with E-state index in [1.807, 2.05) is 6.07 Å². The Morgan fingerprint density at radius 3 is 2.76 bits per heavy atom. The Labute approximate surface area is 127 Å². The van der Waals surface area contributed by atoms with Gasteiger partial charge in [0.05, 0.1) is 17.1 Å². The number of benzene rings is 1. The number of nitrogens with zero attached hydrogens (tertiary/aromatic N) is 2. The normalized spacial score (nSPS) is 14.5. The van der Waals surface area contributed by atoms with Crippen molar-refractivity contribution in [3.63, 3.8) is 0 Å². The van der Waals surface area contributed by atoms with E-state index in [2.05, 4.69) is 49.0 Å². The number of hydrogen-bond acceptors (Lipinski definition) is 3. The molecule has 0 saturated carbocycles. The zero-order valence-corrected chi connectivity index (χ0v) is 13.6. The van der Waals surface area contributed by atoms with Crippen LogP contribution in [0.1, 0.15) is 32.5 Å². The lowest BCUT2D eigenvalue weighted by atomic mass is 10.1. The van der Waals surface area contributed by atoms with E-state index >= 15 is 0 Å². The van der Waals surface area contributed by atoms with Crippen LogP contribution in [0, 0.1) is 0 Å². The van der Waals surface area contributed by atoms with Crippen molar-refractivity contribution < 1.29 is 4.74 Å².